The van der Waals surface area contributed by atoms with Crippen molar-refractivity contribution in [3.05, 3.63) is 29.8 Å². The van der Waals surface area contributed by atoms with E-state index in [2.05, 4.69) is 5.32 Å². The van der Waals surface area contributed by atoms with Crippen LogP contribution < -0.4 is 15.5 Å². The maximum absolute atomic E-state index is 13.5. The molecule has 7 nitrogen and oxygen atoms in total. The zero-order valence-electron chi connectivity index (χ0n) is 14.4. The van der Waals surface area contributed by atoms with Gasteiger partial charge in [0.25, 0.3) is 5.72 Å². The number of anilines is 1. The summed E-state index contributed by atoms with van der Waals surface area (Å²) in [7, 11) is 3.57. The molecule has 0 saturated carbocycles. The third-order valence-electron chi connectivity index (χ3n) is 4.12. The number of amides is 2. The topological polar surface area (TPSA) is 90.9 Å². The zero-order chi connectivity index (χ0) is 19.7. The van der Waals surface area contributed by atoms with Crippen LogP contribution in [0.25, 0.3) is 0 Å². The molecule has 2 rings (SSSR count). The fourth-order valence-electron chi connectivity index (χ4n) is 2.79. The first kappa shape index (κ1) is 19.8. The molecule has 144 valence electrons. The second kappa shape index (κ2) is 7.02. The third kappa shape index (κ3) is 3.55. The van der Waals surface area contributed by atoms with E-state index >= 15 is 0 Å². The second-order valence-electron chi connectivity index (χ2n) is 6.06. The van der Waals surface area contributed by atoms with E-state index in [1.54, 1.807) is 31.1 Å². The summed E-state index contributed by atoms with van der Waals surface area (Å²) in [5.41, 5.74) is -2.76. The fourth-order valence-corrected chi connectivity index (χ4v) is 2.79. The van der Waals surface area contributed by atoms with Crippen LogP contribution in [-0.4, -0.2) is 49.7 Å². The summed E-state index contributed by atoms with van der Waals surface area (Å²) < 4.78 is 45.2. The van der Waals surface area contributed by atoms with E-state index in [1.165, 1.54) is 24.4 Å². The number of esters is 1. The Labute approximate surface area is 148 Å². The van der Waals surface area contributed by atoms with Crippen molar-refractivity contribution in [3.8, 4) is 0 Å². The third-order valence-corrected chi connectivity index (χ3v) is 4.12. The number of benzene rings is 1. The molecule has 2 amide bonds. The molecule has 1 aromatic carbocycles. The molecular weight excluding hydrogens is 355 g/mol. The SMILES string of the molecule is CCOC(=O)C1C(c2ccc(N(C)C)cc2)NC(=O)NC1(O)C(F)(F)F. The first-order chi connectivity index (χ1) is 12.0. The summed E-state index contributed by atoms with van der Waals surface area (Å²) in [4.78, 5) is 25.8. The molecule has 1 heterocycles. The molecule has 10 heteroatoms. The van der Waals surface area contributed by atoms with E-state index in [-0.39, 0.29) is 12.2 Å². The highest BCUT2D eigenvalue weighted by Gasteiger charge is 2.67. The van der Waals surface area contributed by atoms with Gasteiger partial charge in [0.05, 0.1) is 12.6 Å². The summed E-state index contributed by atoms with van der Waals surface area (Å²) in [5.74, 6) is -3.40. The number of hydrogen-bond acceptors (Lipinski definition) is 5. The largest absolute Gasteiger partial charge is 0.466 e. The number of carbonyl (C=O) groups is 2. The van der Waals surface area contributed by atoms with Gasteiger partial charge in [-0.3, -0.25) is 4.79 Å². The molecule has 1 aliphatic rings. The Hall–Kier alpha value is -2.49. The molecule has 1 aromatic rings. The van der Waals surface area contributed by atoms with Crippen molar-refractivity contribution in [2.45, 2.75) is 24.9 Å². The van der Waals surface area contributed by atoms with Crippen LogP contribution in [0.2, 0.25) is 0 Å². The Morgan fingerprint density at radius 1 is 1.31 bits per heavy atom. The van der Waals surface area contributed by atoms with Crippen molar-refractivity contribution in [2.24, 2.45) is 5.92 Å². The van der Waals surface area contributed by atoms with Crippen LogP contribution in [0.1, 0.15) is 18.5 Å². The Morgan fingerprint density at radius 3 is 2.35 bits per heavy atom. The van der Waals surface area contributed by atoms with E-state index in [1.807, 2.05) is 0 Å². The summed E-state index contributed by atoms with van der Waals surface area (Å²) in [6.45, 7) is 1.25. The number of hydrogen-bond donors (Lipinski definition) is 3. The molecular formula is C16H20F3N3O4. The van der Waals surface area contributed by atoms with Gasteiger partial charge in [-0.25, -0.2) is 4.79 Å². The predicted molar refractivity (Wildman–Crippen MR) is 86.3 cm³/mol. The molecule has 0 aliphatic carbocycles. The van der Waals surface area contributed by atoms with E-state index in [9.17, 15) is 27.9 Å². The van der Waals surface area contributed by atoms with Gasteiger partial charge in [-0.05, 0) is 24.6 Å². The number of rotatable bonds is 4. The number of urea groups is 1. The molecule has 26 heavy (non-hydrogen) atoms. The summed E-state index contributed by atoms with van der Waals surface area (Å²) in [5, 5.41) is 13.9. The summed E-state index contributed by atoms with van der Waals surface area (Å²) in [6.07, 6.45) is -5.29. The molecule has 3 N–H and O–H groups in total. The van der Waals surface area contributed by atoms with Crippen molar-refractivity contribution >= 4 is 17.7 Å². The molecule has 0 bridgehead atoms. The molecule has 0 aromatic heterocycles. The molecule has 1 saturated heterocycles. The van der Waals surface area contributed by atoms with Crippen molar-refractivity contribution in [3.63, 3.8) is 0 Å². The second-order valence-corrected chi connectivity index (χ2v) is 6.06. The highest BCUT2D eigenvalue weighted by atomic mass is 19.4. The number of nitrogens with one attached hydrogen (secondary N) is 2. The number of carbonyl (C=O) groups excluding carboxylic acids is 2. The molecule has 1 aliphatic heterocycles. The first-order valence-corrected chi connectivity index (χ1v) is 7.83. The quantitative estimate of drug-likeness (QED) is 0.695. The molecule has 1 fully saturated rings. The average Bonchev–Trinajstić information content (AvgIpc) is 2.53. The lowest BCUT2D eigenvalue weighted by Gasteiger charge is -2.44. The summed E-state index contributed by atoms with van der Waals surface area (Å²) >= 11 is 0. The van der Waals surface area contributed by atoms with Gasteiger partial charge >= 0.3 is 18.2 Å². The van der Waals surface area contributed by atoms with Crippen LogP contribution in [0.15, 0.2) is 24.3 Å². The Balaban J connectivity index is 2.52. The minimum Gasteiger partial charge on any atom is -0.466 e. The van der Waals surface area contributed by atoms with Gasteiger partial charge in [0.2, 0.25) is 0 Å². The normalized spacial score (nSPS) is 25.9. The van der Waals surface area contributed by atoms with Gasteiger partial charge in [-0.15, -0.1) is 0 Å². The lowest BCUT2D eigenvalue weighted by molar-refractivity contribution is -0.294. The van der Waals surface area contributed by atoms with Crippen LogP contribution in [0, 0.1) is 5.92 Å². The van der Waals surface area contributed by atoms with Crippen molar-refractivity contribution in [1.29, 1.82) is 0 Å². The average molecular weight is 375 g/mol. The summed E-state index contributed by atoms with van der Waals surface area (Å²) in [6, 6.07) is 3.54. The fraction of sp³-hybridized carbons (Fsp3) is 0.500. The number of alkyl halides is 3. The smallest absolute Gasteiger partial charge is 0.437 e. The lowest BCUT2D eigenvalue weighted by atomic mass is 9.82. The number of aliphatic hydroxyl groups is 1. The van der Waals surface area contributed by atoms with Gasteiger partial charge in [0, 0.05) is 19.8 Å². The van der Waals surface area contributed by atoms with Gasteiger partial charge in [-0.1, -0.05) is 12.1 Å². The zero-order valence-corrected chi connectivity index (χ0v) is 14.4. The van der Waals surface area contributed by atoms with E-state index in [0.717, 1.165) is 5.69 Å². The van der Waals surface area contributed by atoms with Gasteiger partial charge in [0.15, 0.2) is 0 Å². The Bertz CT molecular complexity index is 678. The van der Waals surface area contributed by atoms with Crippen molar-refractivity contribution < 1.29 is 32.6 Å². The molecule has 0 radical (unpaired) electrons. The highest BCUT2D eigenvalue weighted by Crippen LogP contribution is 2.43. The number of nitrogens with zero attached hydrogens (tertiary/aromatic N) is 1. The van der Waals surface area contributed by atoms with Gasteiger partial charge in [0.1, 0.15) is 5.92 Å². The van der Waals surface area contributed by atoms with Crippen LogP contribution in [-0.2, 0) is 9.53 Å². The molecule has 0 spiro atoms. The van der Waals surface area contributed by atoms with Crippen molar-refractivity contribution in [1.82, 2.24) is 10.6 Å². The highest BCUT2D eigenvalue weighted by molar-refractivity contribution is 5.83. The van der Waals surface area contributed by atoms with Crippen molar-refractivity contribution in [2.75, 3.05) is 25.6 Å². The number of ether oxygens (including phenoxy) is 1. The molecule has 3 atom stereocenters. The van der Waals surface area contributed by atoms with Crippen LogP contribution >= 0.6 is 0 Å². The molecule has 3 unspecified atom stereocenters. The number of halogens is 3. The van der Waals surface area contributed by atoms with E-state index in [0.29, 0.717) is 0 Å². The van der Waals surface area contributed by atoms with Crippen LogP contribution in [0.5, 0.6) is 0 Å². The Kier molecular flexibility index (Phi) is 5.36. The first-order valence-electron chi connectivity index (χ1n) is 7.83. The van der Waals surface area contributed by atoms with E-state index in [4.69, 9.17) is 4.74 Å². The van der Waals surface area contributed by atoms with E-state index < -0.39 is 35.9 Å². The monoisotopic (exact) mass is 375 g/mol. The lowest BCUT2D eigenvalue weighted by Crippen LogP contribution is -2.73. The standard InChI is InChI=1S/C16H20F3N3O4/c1-4-26-13(23)11-12(9-5-7-10(8-6-9)22(2)3)20-14(24)21-15(11,25)16(17,18)19/h5-8,11-12,25H,4H2,1-3H3,(H2,20,21,24). The Morgan fingerprint density at radius 2 is 1.88 bits per heavy atom. The van der Waals surface area contributed by atoms with Gasteiger partial charge < -0.3 is 25.4 Å². The van der Waals surface area contributed by atoms with Crippen LogP contribution in [0.4, 0.5) is 23.7 Å². The van der Waals surface area contributed by atoms with Crippen LogP contribution in [0.3, 0.4) is 0 Å². The minimum absolute atomic E-state index is 0.177. The predicted octanol–water partition coefficient (Wildman–Crippen LogP) is 1.54. The van der Waals surface area contributed by atoms with Gasteiger partial charge in [-0.2, -0.15) is 13.2 Å². The maximum Gasteiger partial charge on any atom is 0.437 e. The maximum atomic E-state index is 13.5. The minimum atomic E-state index is -5.29.